The van der Waals surface area contributed by atoms with Crippen molar-refractivity contribution in [1.29, 1.82) is 0 Å². The molecule has 4 aromatic rings. The van der Waals surface area contributed by atoms with E-state index in [0.717, 1.165) is 65.0 Å². The second-order valence-electron chi connectivity index (χ2n) is 10.5. The number of phenols is 1. The summed E-state index contributed by atoms with van der Waals surface area (Å²) in [6.07, 6.45) is 12.1. The van der Waals surface area contributed by atoms with Gasteiger partial charge in [0.15, 0.2) is 11.5 Å². The van der Waals surface area contributed by atoms with Crippen molar-refractivity contribution in [2.75, 3.05) is 5.32 Å². The number of aromatic nitrogens is 3. The van der Waals surface area contributed by atoms with Crippen LogP contribution >= 0.6 is 23.2 Å². The highest BCUT2D eigenvalue weighted by molar-refractivity contribution is 6.37. The zero-order valence-electron chi connectivity index (χ0n) is 20.5. The summed E-state index contributed by atoms with van der Waals surface area (Å²) in [7, 11) is 0. The van der Waals surface area contributed by atoms with E-state index in [2.05, 4.69) is 27.0 Å². The van der Waals surface area contributed by atoms with E-state index in [0.29, 0.717) is 11.6 Å². The van der Waals surface area contributed by atoms with Crippen LogP contribution in [0.25, 0.3) is 22.0 Å². The van der Waals surface area contributed by atoms with Crippen molar-refractivity contribution in [3.05, 3.63) is 64.5 Å². The normalized spacial score (nSPS) is 19.8. The van der Waals surface area contributed by atoms with E-state index < -0.39 is 0 Å². The number of halogens is 2. The predicted octanol–water partition coefficient (Wildman–Crippen LogP) is 8.20. The van der Waals surface area contributed by atoms with Crippen molar-refractivity contribution in [3.8, 4) is 16.9 Å². The summed E-state index contributed by atoms with van der Waals surface area (Å²) in [5.41, 5.74) is 4.55. The van der Waals surface area contributed by atoms with E-state index in [1.165, 1.54) is 12.8 Å². The first-order valence-electron chi connectivity index (χ1n) is 12.8. The molecule has 6 rings (SSSR count). The number of Topliss-reactive ketones (excluding diaryl/α,β-unsaturated/α-hetero) is 1. The molecular weight excluding hydrogens is 507 g/mol. The number of fused-ring (bicyclic) bond motifs is 1. The van der Waals surface area contributed by atoms with Gasteiger partial charge in [0.25, 0.3) is 0 Å². The molecule has 0 radical (unpaired) electrons. The first kappa shape index (κ1) is 24.3. The molecule has 8 heteroatoms. The molecule has 190 valence electrons. The van der Waals surface area contributed by atoms with Gasteiger partial charge < -0.3 is 10.4 Å². The van der Waals surface area contributed by atoms with Crippen molar-refractivity contribution in [2.45, 2.75) is 51.5 Å². The zero-order valence-corrected chi connectivity index (χ0v) is 22.1. The smallest absolute Gasteiger partial charge is 0.169 e. The van der Waals surface area contributed by atoms with Gasteiger partial charge in [0, 0.05) is 23.7 Å². The van der Waals surface area contributed by atoms with Gasteiger partial charge in [-0.15, -0.1) is 0 Å². The second-order valence-corrected chi connectivity index (χ2v) is 11.3. The number of nitrogens with zero attached hydrogens (tertiary/aromatic N) is 3. The van der Waals surface area contributed by atoms with Gasteiger partial charge in [-0.05, 0) is 79.8 Å². The topological polar surface area (TPSA) is 80.0 Å². The molecule has 0 spiro atoms. The van der Waals surface area contributed by atoms with Gasteiger partial charge in [-0.2, -0.15) is 5.10 Å². The fourth-order valence-electron chi connectivity index (χ4n) is 5.24. The van der Waals surface area contributed by atoms with E-state index in [9.17, 15) is 9.90 Å². The Labute approximate surface area is 225 Å². The Bertz CT molecular complexity index is 1480. The zero-order chi connectivity index (χ0) is 25.7. The summed E-state index contributed by atoms with van der Waals surface area (Å²) < 4.78 is 2.06. The molecule has 2 fully saturated rings. The molecule has 37 heavy (non-hydrogen) atoms. The molecule has 0 aliphatic heterocycles. The monoisotopic (exact) mass is 534 g/mol. The minimum absolute atomic E-state index is 0.0599. The van der Waals surface area contributed by atoms with E-state index in [-0.39, 0.29) is 27.5 Å². The van der Waals surface area contributed by atoms with E-state index in [1.54, 1.807) is 18.3 Å². The van der Waals surface area contributed by atoms with Crippen LogP contribution in [0.1, 0.15) is 61.8 Å². The quantitative estimate of drug-likeness (QED) is 0.243. The number of benzene rings is 2. The lowest BCUT2D eigenvalue weighted by Crippen LogP contribution is -2.17. The number of hydrogen-bond acceptors (Lipinski definition) is 5. The lowest BCUT2D eigenvalue weighted by Gasteiger charge is -2.26. The van der Waals surface area contributed by atoms with Crippen molar-refractivity contribution in [1.82, 2.24) is 14.8 Å². The number of rotatable bonds is 6. The Balaban J connectivity index is 1.42. The molecule has 0 unspecified atom stereocenters. The molecule has 0 saturated heterocycles. The summed E-state index contributed by atoms with van der Waals surface area (Å²) >= 11 is 12.4. The first-order valence-corrected chi connectivity index (χ1v) is 13.6. The molecular formula is C29H28Cl2N4O2. The van der Waals surface area contributed by atoms with Gasteiger partial charge in [-0.3, -0.25) is 14.5 Å². The predicted molar refractivity (Wildman–Crippen MR) is 148 cm³/mol. The van der Waals surface area contributed by atoms with E-state index in [4.69, 9.17) is 23.2 Å². The third-order valence-corrected chi connectivity index (χ3v) is 8.24. The number of nitrogens with one attached hydrogen (secondary N) is 1. The summed E-state index contributed by atoms with van der Waals surface area (Å²) in [4.78, 5) is 17.9. The highest BCUT2D eigenvalue weighted by atomic mass is 35.5. The third-order valence-electron chi connectivity index (χ3n) is 7.66. The van der Waals surface area contributed by atoms with Crippen LogP contribution in [-0.2, 0) is 0 Å². The van der Waals surface area contributed by atoms with Crippen LogP contribution in [0.2, 0.25) is 10.0 Å². The molecule has 2 aliphatic carbocycles. The highest BCUT2D eigenvalue weighted by Gasteiger charge is 2.33. The number of carbonyl (C=O) groups excluding carboxylic acids is 1. The van der Waals surface area contributed by atoms with Gasteiger partial charge >= 0.3 is 0 Å². The molecule has 6 nitrogen and oxygen atoms in total. The third kappa shape index (κ3) is 4.80. The number of carbonyl (C=O) groups is 1. The van der Waals surface area contributed by atoms with E-state index in [1.807, 2.05) is 30.6 Å². The Morgan fingerprint density at radius 2 is 1.73 bits per heavy atom. The van der Waals surface area contributed by atoms with Crippen LogP contribution in [-0.4, -0.2) is 25.7 Å². The minimum Gasteiger partial charge on any atom is -0.505 e. The second kappa shape index (κ2) is 9.66. The van der Waals surface area contributed by atoms with Crippen molar-refractivity contribution in [3.63, 3.8) is 0 Å². The van der Waals surface area contributed by atoms with Crippen LogP contribution in [0.3, 0.4) is 0 Å². The Morgan fingerprint density at radius 1 is 1.00 bits per heavy atom. The maximum absolute atomic E-state index is 13.3. The maximum atomic E-state index is 13.3. The van der Waals surface area contributed by atoms with Gasteiger partial charge in [-0.1, -0.05) is 36.2 Å². The van der Waals surface area contributed by atoms with Crippen LogP contribution in [0.4, 0.5) is 11.4 Å². The molecule has 2 heterocycles. The lowest BCUT2D eigenvalue weighted by atomic mass is 9.87. The molecule has 2 aromatic heterocycles. The standard InChI is InChI=1S/C29H28Cl2N4O2/c1-16-2-7-21(8-3-16)35-15-20(13-33-35)34-27-22-10-18(19-11-24(30)29(37)25(31)12-19)6-9-26(22)32-14-23(27)28(36)17-4-5-17/h6,9-17,21,37H,2-5,7-8H2,1H3,(H,32,34). The summed E-state index contributed by atoms with van der Waals surface area (Å²) in [6, 6.07) is 9.60. The molecule has 2 saturated carbocycles. The largest absolute Gasteiger partial charge is 0.505 e. The Kier molecular flexibility index (Phi) is 6.33. The average Bonchev–Trinajstić information content (AvgIpc) is 3.65. The Hall–Kier alpha value is -3.09. The molecule has 2 aromatic carbocycles. The molecule has 0 atom stereocenters. The van der Waals surface area contributed by atoms with Gasteiger partial charge in [-0.25, -0.2) is 0 Å². The van der Waals surface area contributed by atoms with Gasteiger partial charge in [0.05, 0.1) is 44.7 Å². The van der Waals surface area contributed by atoms with Crippen LogP contribution in [0.15, 0.2) is 48.9 Å². The van der Waals surface area contributed by atoms with Crippen molar-refractivity contribution in [2.24, 2.45) is 11.8 Å². The van der Waals surface area contributed by atoms with Crippen molar-refractivity contribution >= 4 is 51.3 Å². The molecule has 0 bridgehead atoms. The highest BCUT2D eigenvalue weighted by Crippen LogP contribution is 2.41. The fraction of sp³-hybridized carbons (Fsp3) is 0.345. The molecule has 2 N–H and O–H groups in total. The number of phenolic OH excluding ortho intramolecular Hbond substituents is 1. The lowest BCUT2D eigenvalue weighted by molar-refractivity contribution is 0.0968. The van der Waals surface area contributed by atoms with Crippen LogP contribution in [0.5, 0.6) is 5.75 Å². The number of aromatic hydroxyl groups is 1. The molecule has 2 aliphatic rings. The Morgan fingerprint density at radius 3 is 2.43 bits per heavy atom. The van der Waals surface area contributed by atoms with Crippen molar-refractivity contribution < 1.29 is 9.90 Å². The van der Waals surface area contributed by atoms with Gasteiger partial charge in [0.2, 0.25) is 0 Å². The SMILES string of the molecule is CC1CCC(n2cc(Nc3c(C(=O)C4CC4)cnc4ccc(-c5cc(Cl)c(O)c(Cl)c5)cc34)cn2)CC1. The minimum atomic E-state index is -0.140. The summed E-state index contributed by atoms with van der Waals surface area (Å²) in [5.74, 6) is 0.811. The van der Waals surface area contributed by atoms with Gasteiger partial charge in [0.1, 0.15) is 0 Å². The number of pyridine rings is 1. The first-order chi connectivity index (χ1) is 17.9. The fourth-order valence-corrected chi connectivity index (χ4v) is 5.73. The van der Waals surface area contributed by atoms with Crippen LogP contribution < -0.4 is 5.32 Å². The number of hydrogen-bond donors (Lipinski definition) is 2. The summed E-state index contributed by atoms with van der Waals surface area (Å²) in [5, 5.41) is 19.4. The summed E-state index contributed by atoms with van der Waals surface area (Å²) in [6.45, 7) is 2.31. The maximum Gasteiger partial charge on any atom is 0.169 e. The molecule has 0 amide bonds. The number of ketones is 1. The van der Waals surface area contributed by atoms with Crippen LogP contribution in [0, 0.1) is 11.8 Å². The van der Waals surface area contributed by atoms with E-state index >= 15 is 0 Å². The number of anilines is 2. The average molecular weight is 535 g/mol.